The van der Waals surface area contributed by atoms with Gasteiger partial charge in [-0.05, 0) is 17.5 Å². The van der Waals surface area contributed by atoms with Crippen LogP contribution in [0.2, 0.25) is 0 Å². The Bertz CT molecular complexity index is 1190. The van der Waals surface area contributed by atoms with Crippen LogP contribution in [-0.4, -0.2) is 28.5 Å². The molecule has 3 aromatic carbocycles. The first-order chi connectivity index (χ1) is 12.9. The number of hydrogen-bond donors (Lipinski definition) is 1. The molecule has 0 spiro atoms. The molecule has 0 saturated heterocycles. The van der Waals surface area contributed by atoms with Crippen LogP contribution in [0.25, 0.3) is 10.8 Å². The Kier molecular flexibility index (Phi) is 3.59. The van der Waals surface area contributed by atoms with E-state index >= 15 is 0 Å². The SMILES string of the molecule is O=[B-](O)c1cccc(N2C(=O)c3cccc4cc([N+](=O)[O-])cc(c34)C2=O)c1. The van der Waals surface area contributed by atoms with Gasteiger partial charge in [0.15, 0.2) is 0 Å². The van der Waals surface area contributed by atoms with Crippen molar-refractivity contribution in [1.82, 2.24) is 0 Å². The number of imide groups is 1. The van der Waals surface area contributed by atoms with Crippen LogP contribution in [0.3, 0.4) is 0 Å². The number of carbonyl (C=O) groups is 2. The average Bonchev–Trinajstić information content (AvgIpc) is 2.65. The van der Waals surface area contributed by atoms with E-state index in [4.69, 9.17) is 0 Å². The van der Waals surface area contributed by atoms with Crippen molar-refractivity contribution in [3.05, 3.63) is 75.8 Å². The summed E-state index contributed by atoms with van der Waals surface area (Å²) < 4.78 is 11.3. The van der Waals surface area contributed by atoms with Crippen molar-refractivity contribution < 1.29 is 24.2 Å². The Morgan fingerprint density at radius 1 is 0.963 bits per heavy atom. The molecule has 8 nitrogen and oxygen atoms in total. The molecule has 0 atom stereocenters. The van der Waals surface area contributed by atoms with Gasteiger partial charge in [-0.2, -0.15) is 0 Å². The highest BCUT2D eigenvalue weighted by molar-refractivity contribution is 6.52. The van der Waals surface area contributed by atoms with Crippen molar-refractivity contribution in [3.8, 4) is 0 Å². The van der Waals surface area contributed by atoms with Crippen molar-refractivity contribution in [2.75, 3.05) is 4.90 Å². The number of amides is 2. The predicted molar refractivity (Wildman–Crippen MR) is 96.5 cm³/mol. The van der Waals surface area contributed by atoms with Crippen molar-refractivity contribution in [2.45, 2.75) is 0 Å². The van der Waals surface area contributed by atoms with E-state index in [0.717, 1.165) is 11.0 Å². The van der Waals surface area contributed by atoms with Gasteiger partial charge in [0.1, 0.15) is 0 Å². The summed E-state index contributed by atoms with van der Waals surface area (Å²) in [6, 6.07) is 12.7. The molecule has 0 fully saturated rings. The van der Waals surface area contributed by atoms with E-state index in [1.807, 2.05) is 0 Å². The topological polar surface area (TPSA) is 118 Å². The van der Waals surface area contributed by atoms with Gasteiger partial charge in [0.25, 0.3) is 17.5 Å². The zero-order valence-electron chi connectivity index (χ0n) is 13.7. The standard InChI is InChI=1S/C18H10BN2O6/c22-17-14-6-1-3-10-7-13(21(26)27)9-15(16(10)14)18(23)20(17)12-5-2-4-11(8-12)19(24)25/h1-9,24H/q-1. The van der Waals surface area contributed by atoms with E-state index in [0.29, 0.717) is 10.8 Å². The summed E-state index contributed by atoms with van der Waals surface area (Å²) in [7, 11) is 0. The lowest BCUT2D eigenvalue weighted by Gasteiger charge is -2.27. The zero-order chi connectivity index (χ0) is 19.3. The lowest BCUT2D eigenvalue weighted by molar-refractivity contribution is -0.384. The van der Waals surface area contributed by atoms with E-state index in [2.05, 4.69) is 0 Å². The average molecular weight is 361 g/mol. The lowest BCUT2D eigenvalue weighted by atomic mass is 9.84. The molecule has 1 heterocycles. The third kappa shape index (κ3) is 2.48. The van der Waals surface area contributed by atoms with E-state index in [-0.39, 0.29) is 28.0 Å². The first kappa shape index (κ1) is 16.6. The van der Waals surface area contributed by atoms with Crippen LogP contribution >= 0.6 is 0 Å². The minimum atomic E-state index is -2.02. The molecule has 0 bridgehead atoms. The summed E-state index contributed by atoms with van der Waals surface area (Å²) in [4.78, 5) is 37.4. The minimum absolute atomic E-state index is 0.00357. The highest BCUT2D eigenvalue weighted by Crippen LogP contribution is 2.35. The van der Waals surface area contributed by atoms with Gasteiger partial charge in [0.2, 0.25) is 0 Å². The second kappa shape index (κ2) is 5.84. The van der Waals surface area contributed by atoms with Crippen molar-refractivity contribution in [1.29, 1.82) is 0 Å². The molecule has 2 amide bonds. The molecule has 1 aliphatic heterocycles. The van der Waals surface area contributed by atoms with Crippen molar-refractivity contribution in [2.24, 2.45) is 0 Å². The Labute approximate surface area is 151 Å². The monoisotopic (exact) mass is 361 g/mol. The molecule has 1 aliphatic rings. The Balaban J connectivity index is 1.97. The largest absolute Gasteiger partial charge is 0.734 e. The van der Waals surface area contributed by atoms with Gasteiger partial charge in [0, 0.05) is 28.8 Å². The van der Waals surface area contributed by atoms with Gasteiger partial charge in [-0.1, -0.05) is 30.3 Å². The molecular formula is C18H10BN2O6-. The van der Waals surface area contributed by atoms with Crippen molar-refractivity contribution >= 4 is 46.2 Å². The zero-order valence-corrected chi connectivity index (χ0v) is 13.7. The number of nitrogens with zero attached hydrogens (tertiary/aromatic N) is 2. The number of non-ortho nitro benzene ring substituents is 1. The quantitative estimate of drug-likeness (QED) is 0.328. The number of anilines is 1. The van der Waals surface area contributed by atoms with Crippen LogP contribution in [0.4, 0.5) is 11.4 Å². The van der Waals surface area contributed by atoms with Crippen LogP contribution in [0, 0.1) is 10.1 Å². The van der Waals surface area contributed by atoms with Gasteiger partial charge in [-0.3, -0.25) is 19.7 Å². The molecule has 132 valence electrons. The van der Waals surface area contributed by atoms with Gasteiger partial charge >= 0.3 is 6.79 Å². The molecule has 1 N–H and O–H groups in total. The summed E-state index contributed by atoms with van der Waals surface area (Å²) in [5, 5.41) is 21.2. The number of nitro groups is 1. The fourth-order valence-electron chi connectivity index (χ4n) is 3.25. The van der Waals surface area contributed by atoms with Gasteiger partial charge in [-0.25, -0.2) is 4.90 Å². The smallest absolute Gasteiger partial charge is 0.306 e. The van der Waals surface area contributed by atoms with Crippen molar-refractivity contribution in [3.63, 3.8) is 0 Å². The number of rotatable bonds is 3. The fraction of sp³-hybridized carbons (Fsp3) is 0. The Morgan fingerprint density at radius 2 is 1.67 bits per heavy atom. The molecule has 0 unspecified atom stereocenters. The van der Waals surface area contributed by atoms with Gasteiger partial charge < -0.3 is 9.73 Å². The van der Waals surface area contributed by atoms with Crippen LogP contribution < -0.4 is 10.4 Å². The second-order valence-corrected chi connectivity index (χ2v) is 6.05. The van der Waals surface area contributed by atoms with E-state index in [1.165, 1.54) is 36.4 Å². The molecule has 0 radical (unpaired) electrons. The highest BCUT2D eigenvalue weighted by Gasteiger charge is 2.35. The first-order valence-electron chi connectivity index (χ1n) is 7.92. The first-order valence-corrected chi connectivity index (χ1v) is 7.92. The minimum Gasteiger partial charge on any atom is -0.734 e. The third-order valence-corrected chi connectivity index (χ3v) is 4.45. The maximum Gasteiger partial charge on any atom is 0.306 e. The summed E-state index contributed by atoms with van der Waals surface area (Å²) in [6.45, 7) is -2.02. The predicted octanol–water partition coefficient (Wildman–Crippen LogP) is 1.67. The molecule has 0 saturated carbocycles. The summed E-state index contributed by atoms with van der Waals surface area (Å²) in [5.41, 5.74) is 0.0938. The third-order valence-electron chi connectivity index (χ3n) is 4.45. The molecule has 3 aromatic rings. The maximum absolute atomic E-state index is 13.0. The highest BCUT2D eigenvalue weighted by atomic mass is 16.6. The summed E-state index contributed by atoms with van der Waals surface area (Å²) in [5.74, 6) is -1.34. The molecule has 4 rings (SSSR count). The second-order valence-electron chi connectivity index (χ2n) is 6.05. The molecule has 9 heteroatoms. The van der Waals surface area contributed by atoms with Gasteiger partial charge in [0.05, 0.1) is 10.5 Å². The number of nitro benzene ring substituents is 1. The van der Waals surface area contributed by atoms with Crippen LogP contribution in [0.5, 0.6) is 0 Å². The number of carbonyl (C=O) groups excluding carboxylic acids is 2. The summed E-state index contributed by atoms with van der Waals surface area (Å²) >= 11 is 0. The Morgan fingerprint density at radius 3 is 2.37 bits per heavy atom. The van der Waals surface area contributed by atoms with Crippen LogP contribution in [-0.2, 0) is 4.70 Å². The molecular weight excluding hydrogens is 351 g/mol. The number of benzene rings is 3. The van der Waals surface area contributed by atoms with E-state index in [1.54, 1.807) is 12.1 Å². The Hall–Kier alpha value is -3.88. The van der Waals surface area contributed by atoms with Gasteiger partial charge in [-0.15, -0.1) is 5.46 Å². The van der Waals surface area contributed by atoms with Crippen LogP contribution in [0.15, 0.2) is 54.6 Å². The molecule has 27 heavy (non-hydrogen) atoms. The molecule has 0 aromatic heterocycles. The lowest BCUT2D eigenvalue weighted by Crippen LogP contribution is -2.41. The maximum atomic E-state index is 13.0. The van der Waals surface area contributed by atoms with E-state index < -0.39 is 23.5 Å². The van der Waals surface area contributed by atoms with E-state index in [9.17, 15) is 29.4 Å². The fourth-order valence-corrected chi connectivity index (χ4v) is 3.25. The summed E-state index contributed by atoms with van der Waals surface area (Å²) in [6.07, 6.45) is 0. The van der Waals surface area contributed by atoms with Crippen LogP contribution in [0.1, 0.15) is 20.7 Å². The number of hydrogen-bond acceptors (Lipinski definition) is 5. The molecule has 0 aliphatic carbocycles. The normalized spacial score (nSPS) is 13.1.